The third kappa shape index (κ3) is 2.43. The summed E-state index contributed by atoms with van der Waals surface area (Å²) >= 11 is 9.35. The normalized spacial score (nSPS) is 12.5. The van der Waals surface area contributed by atoms with Crippen molar-refractivity contribution in [3.8, 4) is 0 Å². The molecule has 6 heteroatoms. The number of halogens is 1. The van der Waals surface area contributed by atoms with Crippen molar-refractivity contribution in [3.63, 3.8) is 0 Å². The molecule has 0 saturated heterocycles. The van der Waals surface area contributed by atoms with Crippen molar-refractivity contribution in [3.05, 3.63) is 56.1 Å². The zero-order valence-electron chi connectivity index (χ0n) is 9.26. The Kier molecular flexibility index (Phi) is 3.36. The van der Waals surface area contributed by atoms with Crippen LogP contribution >= 0.6 is 34.3 Å². The largest absolute Gasteiger partial charge is 0.370 e. The standard InChI is InChI=1S/C12H10ClN3S2/c13-11-4-3-10(18-11)12(9-2-1-5-17-9)16-8-6-14-15-7-8/h1-7,12,16H,(H,14,15). The first-order valence-electron chi connectivity index (χ1n) is 5.37. The third-order valence-electron chi connectivity index (χ3n) is 2.52. The fourth-order valence-electron chi connectivity index (χ4n) is 1.72. The van der Waals surface area contributed by atoms with Gasteiger partial charge in [0, 0.05) is 16.0 Å². The predicted octanol–water partition coefficient (Wildman–Crippen LogP) is 4.39. The molecule has 3 heterocycles. The molecule has 0 fully saturated rings. The van der Waals surface area contributed by atoms with Gasteiger partial charge < -0.3 is 5.32 Å². The minimum absolute atomic E-state index is 0.125. The van der Waals surface area contributed by atoms with E-state index in [-0.39, 0.29) is 6.04 Å². The SMILES string of the molecule is Clc1ccc(C(Nc2cn[nH]c2)c2cccs2)s1. The van der Waals surface area contributed by atoms with Gasteiger partial charge in [-0.1, -0.05) is 17.7 Å². The third-order valence-corrected chi connectivity index (χ3v) is 4.75. The Bertz CT molecular complexity index is 601. The summed E-state index contributed by atoms with van der Waals surface area (Å²) in [5, 5.41) is 12.3. The van der Waals surface area contributed by atoms with Crippen LogP contribution in [0.5, 0.6) is 0 Å². The van der Waals surface area contributed by atoms with Crippen LogP contribution in [0.2, 0.25) is 4.34 Å². The molecule has 1 atom stereocenters. The van der Waals surface area contributed by atoms with Crippen molar-refractivity contribution in [2.75, 3.05) is 5.32 Å². The first kappa shape index (κ1) is 11.8. The van der Waals surface area contributed by atoms with E-state index in [0.717, 1.165) is 10.0 Å². The van der Waals surface area contributed by atoms with Gasteiger partial charge in [-0.15, -0.1) is 22.7 Å². The molecular formula is C12H10ClN3S2. The molecule has 3 rings (SSSR count). The summed E-state index contributed by atoms with van der Waals surface area (Å²) in [4.78, 5) is 2.46. The van der Waals surface area contributed by atoms with Gasteiger partial charge in [-0.2, -0.15) is 5.10 Å². The second-order valence-electron chi connectivity index (χ2n) is 3.72. The second kappa shape index (κ2) is 5.14. The quantitative estimate of drug-likeness (QED) is 0.749. The van der Waals surface area contributed by atoms with Crippen LogP contribution in [0.4, 0.5) is 5.69 Å². The molecule has 0 aromatic carbocycles. The Morgan fingerprint density at radius 3 is 2.83 bits per heavy atom. The lowest BCUT2D eigenvalue weighted by Gasteiger charge is -2.15. The van der Waals surface area contributed by atoms with Gasteiger partial charge in [-0.05, 0) is 23.6 Å². The number of aromatic nitrogens is 2. The van der Waals surface area contributed by atoms with Gasteiger partial charge in [-0.3, -0.25) is 5.10 Å². The Hall–Kier alpha value is -1.30. The number of H-pyrrole nitrogens is 1. The second-order valence-corrected chi connectivity index (χ2v) is 6.45. The monoisotopic (exact) mass is 295 g/mol. The van der Waals surface area contributed by atoms with E-state index in [2.05, 4.69) is 39.1 Å². The van der Waals surface area contributed by atoms with E-state index in [4.69, 9.17) is 11.6 Å². The summed E-state index contributed by atoms with van der Waals surface area (Å²) in [7, 11) is 0. The highest BCUT2D eigenvalue weighted by Gasteiger charge is 2.17. The molecule has 1 unspecified atom stereocenters. The van der Waals surface area contributed by atoms with Crippen molar-refractivity contribution in [2.45, 2.75) is 6.04 Å². The Labute approximate surface area is 117 Å². The molecule has 3 aromatic heterocycles. The maximum atomic E-state index is 6.02. The average molecular weight is 296 g/mol. The predicted molar refractivity (Wildman–Crippen MR) is 77.7 cm³/mol. The number of rotatable bonds is 4. The lowest BCUT2D eigenvalue weighted by molar-refractivity contribution is 0.993. The molecule has 3 nitrogen and oxygen atoms in total. The molecule has 0 saturated carbocycles. The fraction of sp³-hybridized carbons (Fsp3) is 0.0833. The molecule has 0 aliphatic carbocycles. The van der Waals surface area contributed by atoms with E-state index in [1.807, 2.05) is 12.3 Å². The van der Waals surface area contributed by atoms with E-state index in [1.54, 1.807) is 28.9 Å². The molecule has 0 aliphatic heterocycles. The van der Waals surface area contributed by atoms with Gasteiger partial charge in [0.15, 0.2) is 0 Å². The van der Waals surface area contributed by atoms with Gasteiger partial charge in [0.1, 0.15) is 0 Å². The minimum Gasteiger partial charge on any atom is -0.370 e. The maximum absolute atomic E-state index is 6.02. The molecule has 0 spiro atoms. The molecule has 2 N–H and O–H groups in total. The van der Waals surface area contributed by atoms with Crippen LogP contribution in [0, 0.1) is 0 Å². The molecular weight excluding hydrogens is 286 g/mol. The van der Waals surface area contributed by atoms with Gasteiger partial charge in [-0.25, -0.2) is 0 Å². The molecule has 92 valence electrons. The van der Waals surface area contributed by atoms with Crippen molar-refractivity contribution in [1.82, 2.24) is 10.2 Å². The van der Waals surface area contributed by atoms with Crippen LogP contribution in [0.1, 0.15) is 15.8 Å². The summed E-state index contributed by atoms with van der Waals surface area (Å²) < 4.78 is 0.806. The van der Waals surface area contributed by atoms with Crippen LogP contribution < -0.4 is 5.32 Å². The van der Waals surface area contributed by atoms with Crippen LogP contribution in [0.15, 0.2) is 42.0 Å². The number of thiophene rings is 2. The zero-order chi connectivity index (χ0) is 12.4. The number of hydrogen-bond acceptors (Lipinski definition) is 4. The van der Waals surface area contributed by atoms with Crippen molar-refractivity contribution < 1.29 is 0 Å². The fourth-order valence-corrected chi connectivity index (χ4v) is 3.72. The highest BCUT2D eigenvalue weighted by Crippen LogP contribution is 2.35. The highest BCUT2D eigenvalue weighted by atomic mass is 35.5. The summed E-state index contributed by atoms with van der Waals surface area (Å²) in [6.07, 6.45) is 3.62. The number of nitrogens with one attached hydrogen (secondary N) is 2. The number of nitrogens with zero attached hydrogens (tertiary/aromatic N) is 1. The lowest BCUT2D eigenvalue weighted by Crippen LogP contribution is -2.08. The summed E-state index contributed by atoms with van der Waals surface area (Å²) in [5.74, 6) is 0. The molecule has 18 heavy (non-hydrogen) atoms. The van der Waals surface area contributed by atoms with Crippen LogP contribution in [-0.2, 0) is 0 Å². The highest BCUT2D eigenvalue weighted by molar-refractivity contribution is 7.16. The summed E-state index contributed by atoms with van der Waals surface area (Å²) in [5.41, 5.74) is 0.970. The topological polar surface area (TPSA) is 40.7 Å². The van der Waals surface area contributed by atoms with Gasteiger partial charge in [0.2, 0.25) is 0 Å². The minimum atomic E-state index is 0.125. The molecule has 0 amide bonds. The van der Waals surface area contributed by atoms with Gasteiger partial charge in [0.05, 0.1) is 22.3 Å². The molecule has 0 aliphatic rings. The van der Waals surface area contributed by atoms with Crippen LogP contribution in [0.25, 0.3) is 0 Å². The van der Waals surface area contributed by atoms with Crippen molar-refractivity contribution in [1.29, 1.82) is 0 Å². The van der Waals surface area contributed by atoms with Crippen molar-refractivity contribution in [2.24, 2.45) is 0 Å². The molecule has 0 bridgehead atoms. The van der Waals surface area contributed by atoms with Gasteiger partial charge in [0.25, 0.3) is 0 Å². The van der Waals surface area contributed by atoms with Gasteiger partial charge >= 0.3 is 0 Å². The van der Waals surface area contributed by atoms with E-state index in [1.165, 1.54) is 9.75 Å². The van der Waals surface area contributed by atoms with E-state index in [9.17, 15) is 0 Å². The summed E-state index contributed by atoms with van der Waals surface area (Å²) in [6.45, 7) is 0. The first-order chi connectivity index (χ1) is 8.83. The Morgan fingerprint density at radius 2 is 2.22 bits per heavy atom. The van der Waals surface area contributed by atoms with E-state index >= 15 is 0 Å². The summed E-state index contributed by atoms with van der Waals surface area (Å²) in [6, 6.07) is 8.29. The Balaban J connectivity index is 1.93. The average Bonchev–Trinajstić information content (AvgIpc) is 3.09. The Morgan fingerprint density at radius 1 is 1.28 bits per heavy atom. The molecule has 0 radical (unpaired) electrons. The number of anilines is 1. The smallest absolute Gasteiger partial charge is 0.0954 e. The van der Waals surface area contributed by atoms with Crippen LogP contribution in [0.3, 0.4) is 0 Å². The maximum Gasteiger partial charge on any atom is 0.0954 e. The number of hydrogen-bond donors (Lipinski definition) is 2. The van der Waals surface area contributed by atoms with Crippen molar-refractivity contribution >= 4 is 40.0 Å². The van der Waals surface area contributed by atoms with E-state index < -0.39 is 0 Å². The first-order valence-corrected chi connectivity index (χ1v) is 7.44. The lowest BCUT2D eigenvalue weighted by atomic mass is 10.2. The molecule has 3 aromatic rings. The van der Waals surface area contributed by atoms with Crippen LogP contribution in [-0.4, -0.2) is 10.2 Å². The number of aromatic amines is 1. The van der Waals surface area contributed by atoms with E-state index in [0.29, 0.717) is 0 Å². The zero-order valence-corrected chi connectivity index (χ0v) is 11.6.